The second-order valence-corrected chi connectivity index (χ2v) is 4.29. The topological polar surface area (TPSA) is 24.9 Å². The Morgan fingerprint density at radius 3 is 3.31 bits per heavy atom. The van der Waals surface area contributed by atoms with E-state index < -0.39 is 0 Å². The standard InChI is InChI=1S/C14H18N2/c1-3-12(4-2)16-13-9-5-7-11-8-6-10-15-14(11)13/h1,6,8,10,12-13,16H,4-5,7,9H2,2H3. The van der Waals surface area contributed by atoms with Gasteiger partial charge in [0.05, 0.1) is 17.8 Å². The van der Waals surface area contributed by atoms with Crippen LogP contribution in [0.1, 0.15) is 43.5 Å². The molecule has 0 saturated heterocycles. The maximum absolute atomic E-state index is 5.49. The number of aromatic nitrogens is 1. The summed E-state index contributed by atoms with van der Waals surface area (Å²) >= 11 is 0. The number of nitrogens with zero attached hydrogens (tertiary/aromatic N) is 1. The predicted octanol–water partition coefficient (Wildman–Crippen LogP) is 2.46. The lowest BCUT2D eigenvalue weighted by Crippen LogP contribution is -2.33. The van der Waals surface area contributed by atoms with E-state index in [9.17, 15) is 0 Å². The fraction of sp³-hybridized carbons (Fsp3) is 0.500. The summed E-state index contributed by atoms with van der Waals surface area (Å²) in [7, 11) is 0. The average molecular weight is 214 g/mol. The average Bonchev–Trinajstić information content (AvgIpc) is 2.36. The minimum Gasteiger partial charge on any atom is -0.295 e. The monoisotopic (exact) mass is 214 g/mol. The van der Waals surface area contributed by atoms with E-state index in [-0.39, 0.29) is 6.04 Å². The van der Waals surface area contributed by atoms with Gasteiger partial charge in [-0.25, -0.2) is 0 Å². The number of nitrogens with one attached hydrogen (secondary N) is 1. The zero-order valence-electron chi connectivity index (χ0n) is 9.74. The van der Waals surface area contributed by atoms with Gasteiger partial charge in [-0.15, -0.1) is 6.42 Å². The Morgan fingerprint density at radius 2 is 2.56 bits per heavy atom. The molecule has 0 spiro atoms. The number of rotatable bonds is 3. The fourth-order valence-corrected chi connectivity index (χ4v) is 2.30. The van der Waals surface area contributed by atoms with Crippen molar-refractivity contribution in [2.24, 2.45) is 0 Å². The van der Waals surface area contributed by atoms with E-state index in [1.807, 2.05) is 12.3 Å². The Hall–Kier alpha value is -1.33. The summed E-state index contributed by atoms with van der Waals surface area (Å²) in [6.07, 6.45) is 11.8. The minimum atomic E-state index is 0.165. The fourth-order valence-electron chi connectivity index (χ4n) is 2.30. The number of hydrogen-bond acceptors (Lipinski definition) is 2. The van der Waals surface area contributed by atoms with Crippen molar-refractivity contribution in [3.05, 3.63) is 29.6 Å². The van der Waals surface area contributed by atoms with E-state index in [2.05, 4.69) is 29.2 Å². The van der Waals surface area contributed by atoms with Crippen LogP contribution in [0.4, 0.5) is 0 Å². The number of terminal acetylenes is 1. The van der Waals surface area contributed by atoms with Gasteiger partial charge in [-0.3, -0.25) is 10.3 Å². The summed E-state index contributed by atoms with van der Waals surface area (Å²) in [4.78, 5) is 4.49. The van der Waals surface area contributed by atoms with Crippen LogP contribution in [0.2, 0.25) is 0 Å². The molecule has 1 heterocycles. The highest BCUT2D eigenvalue weighted by atomic mass is 15.0. The van der Waals surface area contributed by atoms with Crippen molar-refractivity contribution in [3.63, 3.8) is 0 Å². The van der Waals surface area contributed by atoms with E-state index in [0.29, 0.717) is 6.04 Å². The molecule has 0 saturated carbocycles. The minimum absolute atomic E-state index is 0.165. The lowest BCUT2D eigenvalue weighted by molar-refractivity contribution is 0.419. The predicted molar refractivity (Wildman–Crippen MR) is 66.0 cm³/mol. The van der Waals surface area contributed by atoms with Crippen LogP contribution < -0.4 is 5.32 Å². The zero-order chi connectivity index (χ0) is 11.4. The Kier molecular flexibility index (Phi) is 3.58. The molecule has 0 aliphatic heterocycles. The van der Waals surface area contributed by atoms with Crippen molar-refractivity contribution in [2.75, 3.05) is 0 Å². The normalized spacial score (nSPS) is 20.9. The summed E-state index contributed by atoms with van der Waals surface area (Å²) in [5.41, 5.74) is 2.57. The van der Waals surface area contributed by atoms with Gasteiger partial charge in [0.2, 0.25) is 0 Å². The van der Waals surface area contributed by atoms with Gasteiger partial charge >= 0.3 is 0 Å². The number of hydrogen-bond donors (Lipinski definition) is 1. The van der Waals surface area contributed by atoms with Gasteiger partial charge in [-0.1, -0.05) is 18.9 Å². The van der Waals surface area contributed by atoms with Crippen molar-refractivity contribution in [1.29, 1.82) is 0 Å². The van der Waals surface area contributed by atoms with Crippen LogP contribution in [0.3, 0.4) is 0 Å². The van der Waals surface area contributed by atoms with Crippen molar-refractivity contribution in [2.45, 2.75) is 44.7 Å². The summed E-state index contributed by atoms with van der Waals surface area (Å²) < 4.78 is 0. The first-order chi connectivity index (χ1) is 7.85. The molecular formula is C14H18N2. The molecule has 16 heavy (non-hydrogen) atoms. The molecule has 84 valence electrons. The Balaban J connectivity index is 2.16. The van der Waals surface area contributed by atoms with Gasteiger partial charge in [0.25, 0.3) is 0 Å². The second-order valence-electron chi connectivity index (χ2n) is 4.29. The number of fused-ring (bicyclic) bond motifs is 1. The summed E-state index contributed by atoms with van der Waals surface area (Å²) in [6, 6.07) is 4.69. The molecule has 0 amide bonds. The number of aryl methyl sites for hydroxylation is 1. The van der Waals surface area contributed by atoms with Crippen molar-refractivity contribution >= 4 is 0 Å². The first-order valence-corrected chi connectivity index (χ1v) is 6.01. The molecule has 1 aliphatic carbocycles. The van der Waals surface area contributed by atoms with Crippen LogP contribution in [0.5, 0.6) is 0 Å². The Labute approximate surface area is 97.5 Å². The third kappa shape index (κ3) is 2.25. The molecule has 2 heteroatoms. The van der Waals surface area contributed by atoms with Crippen molar-refractivity contribution in [3.8, 4) is 12.3 Å². The summed E-state index contributed by atoms with van der Waals surface area (Å²) in [6.45, 7) is 2.11. The van der Waals surface area contributed by atoms with E-state index in [1.54, 1.807) is 0 Å². The molecule has 1 N–H and O–H groups in total. The first-order valence-electron chi connectivity index (χ1n) is 6.01. The van der Waals surface area contributed by atoms with Crippen LogP contribution in [-0.2, 0) is 6.42 Å². The molecule has 1 aromatic heterocycles. The van der Waals surface area contributed by atoms with Crippen LogP contribution in [0, 0.1) is 12.3 Å². The van der Waals surface area contributed by atoms with E-state index in [4.69, 9.17) is 6.42 Å². The maximum Gasteiger partial charge on any atom is 0.0689 e. The number of pyridine rings is 1. The zero-order valence-corrected chi connectivity index (χ0v) is 9.74. The Bertz CT molecular complexity index is 392. The molecule has 0 bridgehead atoms. The van der Waals surface area contributed by atoms with Crippen LogP contribution in [0.25, 0.3) is 0 Å². The van der Waals surface area contributed by atoms with E-state index >= 15 is 0 Å². The molecule has 2 nitrogen and oxygen atoms in total. The quantitative estimate of drug-likeness (QED) is 0.782. The molecule has 2 unspecified atom stereocenters. The largest absolute Gasteiger partial charge is 0.295 e. The lowest BCUT2D eigenvalue weighted by Gasteiger charge is -2.27. The third-order valence-electron chi connectivity index (χ3n) is 3.21. The highest BCUT2D eigenvalue weighted by Gasteiger charge is 2.22. The van der Waals surface area contributed by atoms with Crippen molar-refractivity contribution < 1.29 is 0 Å². The SMILES string of the molecule is C#CC(CC)NC1CCCc2cccnc21. The third-order valence-corrected chi connectivity index (χ3v) is 3.21. The highest BCUT2D eigenvalue weighted by molar-refractivity contribution is 5.26. The smallest absolute Gasteiger partial charge is 0.0689 e. The Morgan fingerprint density at radius 1 is 1.69 bits per heavy atom. The van der Waals surface area contributed by atoms with E-state index in [1.165, 1.54) is 17.7 Å². The highest BCUT2D eigenvalue weighted by Crippen LogP contribution is 2.28. The first kappa shape index (κ1) is 11.2. The summed E-state index contributed by atoms with van der Waals surface area (Å²) in [5, 5.41) is 3.51. The van der Waals surface area contributed by atoms with Crippen molar-refractivity contribution in [1.82, 2.24) is 10.3 Å². The molecule has 2 rings (SSSR count). The van der Waals surface area contributed by atoms with Gasteiger partial charge in [0.15, 0.2) is 0 Å². The van der Waals surface area contributed by atoms with E-state index in [0.717, 1.165) is 19.3 Å². The molecular weight excluding hydrogens is 196 g/mol. The maximum atomic E-state index is 5.49. The lowest BCUT2D eigenvalue weighted by atomic mass is 9.91. The molecule has 0 aromatic carbocycles. The van der Waals surface area contributed by atoms with Gasteiger partial charge in [-0.05, 0) is 37.3 Å². The van der Waals surface area contributed by atoms with Gasteiger partial charge in [0.1, 0.15) is 0 Å². The van der Waals surface area contributed by atoms with Crippen LogP contribution in [-0.4, -0.2) is 11.0 Å². The van der Waals surface area contributed by atoms with Gasteiger partial charge in [0, 0.05) is 6.20 Å². The van der Waals surface area contributed by atoms with Crippen LogP contribution in [0.15, 0.2) is 18.3 Å². The molecule has 0 fully saturated rings. The molecule has 1 aromatic rings. The molecule has 0 radical (unpaired) electrons. The van der Waals surface area contributed by atoms with Crippen LogP contribution >= 0.6 is 0 Å². The summed E-state index contributed by atoms with van der Waals surface area (Å²) in [5.74, 6) is 2.79. The second kappa shape index (κ2) is 5.14. The molecule has 1 aliphatic rings. The van der Waals surface area contributed by atoms with Gasteiger partial charge < -0.3 is 0 Å². The van der Waals surface area contributed by atoms with Gasteiger partial charge in [-0.2, -0.15) is 0 Å². The molecule has 2 atom stereocenters.